The van der Waals surface area contributed by atoms with Crippen LogP contribution in [-0.4, -0.2) is 125 Å². The van der Waals surface area contributed by atoms with Gasteiger partial charge in [0, 0.05) is 58.7 Å². The molecule has 22 heteroatoms. The molecule has 8 N–H and O–H groups in total. The van der Waals surface area contributed by atoms with Gasteiger partial charge in [-0.2, -0.15) is 0 Å². The van der Waals surface area contributed by atoms with E-state index in [9.17, 15) is 52.2 Å². The summed E-state index contributed by atoms with van der Waals surface area (Å²) in [6.45, 7) is 0.550. The first kappa shape index (κ1) is 41.3. The Balaban J connectivity index is 2.29. The van der Waals surface area contributed by atoms with E-state index >= 15 is 0 Å². The minimum Gasteiger partial charge on any atom is -0.480 e. The number of carbonyl (C=O) groups is 7. The van der Waals surface area contributed by atoms with Crippen LogP contribution in [0.3, 0.4) is 0 Å². The highest BCUT2D eigenvalue weighted by atomic mass is 32.2. The Morgan fingerprint density at radius 3 is 1.88 bits per heavy atom. The number of carbonyl (C=O) groups excluding carboxylic acids is 5. The Morgan fingerprint density at radius 2 is 1.29 bits per heavy atom. The Bertz CT molecular complexity index is 1330. The first-order valence-corrected chi connectivity index (χ1v) is 16.7. The monoisotopic (exact) mass is 705 g/mol. The summed E-state index contributed by atoms with van der Waals surface area (Å²) < 4.78 is 30.9. The summed E-state index contributed by atoms with van der Waals surface area (Å²) in [5.41, 5.74) is 0. The molecule has 0 bridgehead atoms. The number of aromatic nitrogens is 4. The SMILES string of the molecule is COCCNC(=O)CC[C@H](NC(=O)CC[C@H](NC(=O)CCCNC(=O)CCCS(=O)(=O)NC(=O)CCCc1nnn[nH]1)C(=O)O)C(=O)O. The number of aliphatic carboxylic acids is 2. The van der Waals surface area contributed by atoms with Gasteiger partial charge in [-0.05, 0) is 42.5 Å². The molecule has 0 aliphatic rings. The van der Waals surface area contributed by atoms with Crippen LogP contribution in [0.15, 0.2) is 0 Å². The number of sulfonamides is 1. The second kappa shape index (κ2) is 22.7. The molecule has 21 nitrogen and oxygen atoms in total. The van der Waals surface area contributed by atoms with Crippen molar-refractivity contribution in [3.63, 3.8) is 0 Å². The minimum atomic E-state index is -3.94. The molecule has 1 rings (SSSR count). The van der Waals surface area contributed by atoms with Crippen LogP contribution in [0.5, 0.6) is 0 Å². The van der Waals surface area contributed by atoms with Crippen molar-refractivity contribution in [1.29, 1.82) is 0 Å². The van der Waals surface area contributed by atoms with E-state index in [1.165, 1.54) is 7.11 Å². The molecule has 270 valence electrons. The summed E-state index contributed by atoms with van der Waals surface area (Å²) in [5.74, 6) is -5.85. The Kier molecular flexibility index (Phi) is 19.6. The van der Waals surface area contributed by atoms with E-state index in [4.69, 9.17) is 4.74 Å². The molecule has 0 spiro atoms. The van der Waals surface area contributed by atoms with Gasteiger partial charge in [-0.3, -0.25) is 28.7 Å². The predicted octanol–water partition coefficient (Wildman–Crippen LogP) is -2.89. The maximum absolute atomic E-state index is 12.3. The molecule has 2 atom stereocenters. The largest absolute Gasteiger partial charge is 0.480 e. The average molecular weight is 706 g/mol. The molecule has 1 heterocycles. The van der Waals surface area contributed by atoms with Crippen molar-refractivity contribution in [2.24, 2.45) is 0 Å². The molecule has 0 radical (unpaired) electrons. The first-order valence-electron chi connectivity index (χ1n) is 15.0. The van der Waals surface area contributed by atoms with Crippen LogP contribution in [0.2, 0.25) is 0 Å². The zero-order chi connectivity index (χ0) is 36.0. The molecular weight excluding hydrogens is 662 g/mol. The summed E-state index contributed by atoms with van der Waals surface area (Å²) in [4.78, 5) is 83.2. The Hall–Kier alpha value is -4.73. The quantitative estimate of drug-likeness (QED) is 0.0449. The first-order chi connectivity index (χ1) is 22.7. The number of rotatable bonds is 26. The maximum atomic E-state index is 12.3. The van der Waals surface area contributed by atoms with Gasteiger partial charge in [0.05, 0.1) is 12.4 Å². The van der Waals surface area contributed by atoms with E-state index in [-0.39, 0.29) is 71.1 Å². The third-order valence-corrected chi connectivity index (χ3v) is 7.78. The van der Waals surface area contributed by atoms with E-state index in [1.54, 1.807) is 0 Å². The average Bonchev–Trinajstić information content (AvgIpc) is 3.52. The summed E-state index contributed by atoms with van der Waals surface area (Å²) in [6.07, 6.45) is -0.782. The number of carboxylic acid groups (broad SMARTS) is 2. The van der Waals surface area contributed by atoms with E-state index in [0.717, 1.165) is 0 Å². The molecular formula is C26H43N9O12S. The predicted molar refractivity (Wildman–Crippen MR) is 163 cm³/mol. The van der Waals surface area contributed by atoms with Crippen LogP contribution in [0, 0.1) is 0 Å². The number of hydrogen-bond acceptors (Lipinski definition) is 13. The molecule has 48 heavy (non-hydrogen) atoms. The van der Waals surface area contributed by atoms with Crippen molar-refractivity contribution in [3.8, 4) is 0 Å². The third-order valence-electron chi connectivity index (χ3n) is 6.41. The second-order valence-electron chi connectivity index (χ2n) is 10.4. The van der Waals surface area contributed by atoms with Gasteiger partial charge >= 0.3 is 11.9 Å². The molecule has 0 aromatic carbocycles. The molecule has 5 amide bonds. The number of tetrazole rings is 1. The van der Waals surface area contributed by atoms with E-state index in [2.05, 4.69) is 41.9 Å². The number of ether oxygens (including phenoxy) is 1. The zero-order valence-corrected chi connectivity index (χ0v) is 27.3. The topological polar surface area (TPSA) is 318 Å². The van der Waals surface area contributed by atoms with Crippen LogP contribution in [0.1, 0.15) is 70.0 Å². The highest BCUT2D eigenvalue weighted by molar-refractivity contribution is 7.90. The van der Waals surface area contributed by atoms with E-state index in [0.29, 0.717) is 18.7 Å². The molecule has 0 aliphatic heterocycles. The fourth-order valence-electron chi connectivity index (χ4n) is 3.94. The van der Waals surface area contributed by atoms with Crippen LogP contribution in [0.4, 0.5) is 0 Å². The number of nitrogens with one attached hydrogen (secondary N) is 6. The standard InChI is InChI=1S/C26H43N9O12S/c1-47-15-14-28-21(37)11-9-17(25(41)42)30-23(39)12-10-18(26(43)44)29-22(38)7-3-13-27-20(36)8-4-16-48(45,46)33-24(40)6-2-5-19-31-34-35-32-19/h17-18H,2-16H2,1H3,(H,27,36)(H,28,37)(H,29,38)(H,30,39)(H,33,40)(H,41,42)(H,43,44)(H,31,32,34,35)/t17-,18-/m0/s1. The lowest BCUT2D eigenvalue weighted by Gasteiger charge is -2.17. The second-order valence-corrected chi connectivity index (χ2v) is 12.3. The molecule has 0 fully saturated rings. The maximum Gasteiger partial charge on any atom is 0.326 e. The number of hydrogen-bond donors (Lipinski definition) is 8. The van der Waals surface area contributed by atoms with Gasteiger partial charge in [-0.25, -0.2) is 23.1 Å². The number of amides is 5. The normalized spacial score (nSPS) is 12.3. The smallest absolute Gasteiger partial charge is 0.326 e. The zero-order valence-electron chi connectivity index (χ0n) is 26.5. The summed E-state index contributed by atoms with van der Waals surface area (Å²) in [5, 5.41) is 41.2. The highest BCUT2D eigenvalue weighted by Crippen LogP contribution is 2.04. The third kappa shape index (κ3) is 19.7. The molecule has 0 saturated carbocycles. The fourth-order valence-corrected chi connectivity index (χ4v) is 5.02. The summed E-state index contributed by atoms with van der Waals surface area (Å²) >= 11 is 0. The lowest BCUT2D eigenvalue weighted by molar-refractivity contribution is -0.143. The molecule has 1 aromatic rings. The Morgan fingerprint density at radius 1 is 0.750 bits per heavy atom. The van der Waals surface area contributed by atoms with Crippen molar-refractivity contribution in [2.75, 3.05) is 32.6 Å². The van der Waals surface area contributed by atoms with Gasteiger partial charge in [0.2, 0.25) is 39.6 Å². The summed E-state index contributed by atoms with van der Waals surface area (Å²) in [6, 6.07) is -2.82. The molecule has 0 aliphatic carbocycles. The number of aryl methyl sites for hydroxylation is 1. The van der Waals surface area contributed by atoms with E-state index in [1.807, 2.05) is 4.72 Å². The van der Waals surface area contributed by atoms with Gasteiger partial charge in [0.25, 0.3) is 0 Å². The number of nitrogens with zero attached hydrogens (tertiary/aromatic N) is 3. The number of methoxy groups -OCH3 is 1. The molecule has 0 saturated heterocycles. The molecule has 0 unspecified atom stereocenters. The number of aromatic amines is 1. The number of H-pyrrole nitrogens is 1. The van der Waals surface area contributed by atoms with Crippen LogP contribution in [0.25, 0.3) is 0 Å². The minimum absolute atomic E-state index is 0.0393. The van der Waals surface area contributed by atoms with Crippen LogP contribution < -0.4 is 26.0 Å². The van der Waals surface area contributed by atoms with Crippen molar-refractivity contribution in [2.45, 2.75) is 82.7 Å². The molecule has 1 aromatic heterocycles. The highest BCUT2D eigenvalue weighted by Gasteiger charge is 2.24. The van der Waals surface area contributed by atoms with Gasteiger partial charge in [0.1, 0.15) is 17.9 Å². The van der Waals surface area contributed by atoms with Gasteiger partial charge < -0.3 is 36.2 Å². The Labute approximate surface area is 276 Å². The number of carboxylic acids is 2. The summed E-state index contributed by atoms with van der Waals surface area (Å²) in [7, 11) is -2.49. The fraction of sp³-hybridized carbons (Fsp3) is 0.692. The van der Waals surface area contributed by atoms with Crippen LogP contribution in [-0.2, 0) is 54.7 Å². The lowest BCUT2D eigenvalue weighted by Crippen LogP contribution is -2.44. The van der Waals surface area contributed by atoms with Crippen molar-refractivity contribution < 1.29 is 56.9 Å². The van der Waals surface area contributed by atoms with Crippen molar-refractivity contribution in [1.82, 2.24) is 46.6 Å². The lowest BCUT2D eigenvalue weighted by atomic mass is 10.1. The van der Waals surface area contributed by atoms with Gasteiger partial charge in [-0.1, -0.05) is 0 Å². The van der Waals surface area contributed by atoms with Crippen molar-refractivity contribution in [3.05, 3.63) is 5.82 Å². The van der Waals surface area contributed by atoms with Gasteiger partial charge in [0.15, 0.2) is 0 Å². The van der Waals surface area contributed by atoms with E-state index < -0.39 is 75.8 Å². The van der Waals surface area contributed by atoms with Crippen LogP contribution >= 0.6 is 0 Å². The van der Waals surface area contributed by atoms with Gasteiger partial charge in [-0.15, -0.1) is 5.10 Å². The van der Waals surface area contributed by atoms with Crippen molar-refractivity contribution >= 4 is 51.5 Å².